The molecule has 0 rings (SSSR count). The minimum atomic E-state index is -4.65. The van der Waals surface area contributed by atoms with E-state index in [-0.39, 0.29) is 19.4 Å². The number of carbonyl (C=O) groups is 2. The Hall–Kier alpha value is -2.63. The third-order valence-electron chi connectivity index (χ3n) is 8.65. The minimum absolute atomic E-state index is 0.0409. The van der Waals surface area contributed by atoms with Gasteiger partial charge in [-0.1, -0.05) is 164 Å². The van der Waals surface area contributed by atoms with Gasteiger partial charge in [0, 0.05) is 12.8 Å². The number of esters is 2. The molecule has 0 aromatic carbocycles. The maximum absolute atomic E-state index is 12.6. The Bertz CT molecular complexity index is 1210. The van der Waals surface area contributed by atoms with E-state index >= 15 is 0 Å². The van der Waals surface area contributed by atoms with Gasteiger partial charge in [0.15, 0.2) is 6.10 Å². The summed E-state index contributed by atoms with van der Waals surface area (Å²) in [6.45, 7) is 4.37. The Morgan fingerprint density at radius 3 is 1.81 bits per heavy atom. The molecule has 0 amide bonds. The highest BCUT2D eigenvalue weighted by Gasteiger charge is 2.27. The fraction of sp³-hybridized carbons (Fsp3) is 0.689. The van der Waals surface area contributed by atoms with Crippen molar-refractivity contribution in [2.45, 2.75) is 167 Å². The Morgan fingerprint density at radius 1 is 0.649 bits per heavy atom. The van der Waals surface area contributed by atoms with E-state index in [2.05, 4.69) is 43.5 Å². The maximum Gasteiger partial charge on any atom is 0.472 e. The predicted molar refractivity (Wildman–Crippen MR) is 229 cm³/mol. The number of carbonyl (C=O) groups excluding carboxylic acids is 2. The second-order valence-corrected chi connectivity index (χ2v) is 16.1. The number of phosphoric acid groups is 1. The van der Waals surface area contributed by atoms with Crippen molar-refractivity contribution in [1.29, 1.82) is 0 Å². The zero-order valence-electron chi connectivity index (χ0n) is 35.3. The molecular weight excluding hydrogens is 747 g/mol. The molecule has 0 fully saturated rings. The van der Waals surface area contributed by atoms with Crippen molar-refractivity contribution in [1.82, 2.24) is 0 Å². The molecule has 12 heteroatoms. The van der Waals surface area contributed by atoms with E-state index in [1.54, 1.807) is 6.08 Å². The van der Waals surface area contributed by atoms with E-state index in [0.29, 0.717) is 25.7 Å². The van der Waals surface area contributed by atoms with Gasteiger partial charge in [0.1, 0.15) is 12.7 Å². The molecule has 11 nitrogen and oxygen atoms in total. The lowest BCUT2D eigenvalue weighted by molar-refractivity contribution is -0.161. The monoisotopic (exact) mass is 825 g/mol. The minimum Gasteiger partial charge on any atom is -0.462 e. The van der Waals surface area contributed by atoms with Crippen molar-refractivity contribution in [2.75, 3.05) is 26.4 Å². The molecule has 0 heterocycles. The van der Waals surface area contributed by atoms with E-state index in [4.69, 9.17) is 19.1 Å². The summed E-state index contributed by atoms with van der Waals surface area (Å²) in [6.07, 6.45) is 39.3. The SMILES string of the molecule is CC/C=C\CC(O)/C=C/C=C/C/C=C\C/C=C\C/C=C\CCC(=O)O[C@H](COC(=O)CCCCCCCCCCCCCC(C)C)COP(=O)(O)OC[C@@H](O)CO. The van der Waals surface area contributed by atoms with Gasteiger partial charge in [0.25, 0.3) is 0 Å². The number of allylic oxidation sites excluding steroid dienone is 10. The van der Waals surface area contributed by atoms with Crippen molar-refractivity contribution in [3.05, 3.63) is 72.9 Å². The highest BCUT2D eigenvalue weighted by Crippen LogP contribution is 2.43. The Labute approximate surface area is 344 Å². The van der Waals surface area contributed by atoms with Crippen LogP contribution in [0, 0.1) is 5.92 Å². The molecule has 0 aromatic rings. The topological polar surface area (TPSA) is 169 Å². The van der Waals surface area contributed by atoms with Gasteiger partial charge >= 0.3 is 19.8 Å². The van der Waals surface area contributed by atoms with E-state index in [0.717, 1.165) is 44.4 Å². The molecule has 0 radical (unpaired) electrons. The highest BCUT2D eigenvalue weighted by atomic mass is 31.2. The standard InChI is InChI=1S/C45H77O11P/c1-4-5-26-32-41(47)33-28-23-19-15-11-7-6-8-12-17-21-25-30-35-45(50)56-43(39-55-57(51,52)54-37-42(48)36-46)38-53-44(49)34-29-24-20-16-13-9-10-14-18-22-27-31-40(2)3/h5,7-8,11-12,19,21,23,25-26,28,33,40-43,46-48H,4,6,9-10,13-18,20,22,24,27,29-32,34-39H2,1-3H3,(H,51,52)/b11-7-,12-8-,23-19+,25-21-,26-5-,33-28+/t41?,42-,43+/m0/s1. The molecule has 4 N–H and O–H groups in total. The zero-order valence-corrected chi connectivity index (χ0v) is 36.2. The summed E-state index contributed by atoms with van der Waals surface area (Å²) in [5, 5.41) is 28.2. The second kappa shape index (κ2) is 38.9. The van der Waals surface area contributed by atoms with E-state index < -0.39 is 57.9 Å². The summed E-state index contributed by atoms with van der Waals surface area (Å²) >= 11 is 0. The van der Waals surface area contributed by atoms with Gasteiger partial charge < -0.3 is 29.7 Å². The molecule has 0 bridgehead atoms. The first-order valence-corrected chi connectivity index (χ1v) is 22.9. The average molecular weight is 825 g/mol. The molecule has 0 spiro atoms. The van der Waals surface area contributed by atoms with Crippen molar-refractivity contribution >= 4 is 19.8 Å². The summed E-state index contributed by atoms with van der Waals surface area (Å²) in [7, 11) is -4.65. The first-order chi connectivity index (χ1) is 27.5. The number of hydrogen-bond donors (Lipinski definition) is 4. The molecule has 0 aliphatic rings. The van der Waals surface area contributed by atoms with Crippen molar-refractivity contribution in [3.8, 4) is 0 Å². The molecule has 0 aliphatic heterocycles. The van der Waals surface area contributed by atoms with Crippen LogP contribution in [0.4, 0.5) is 0 Å². The van der Waals surface area contributed by atoms with Gasteiger partial charge in [0.2, 0.25) is 0 Å². The van der Waals surface area contributed by atoms with E-state index in [1.807, 2.05) is 48.6 Å². The van der Waals surface area contributed by atoms with E-state index in [1.165, 1.54) is 51.4 Å². The Kier molecular flexibility index (Phi) is 37.1. The summed E-state index contributed by atoms with van der Waals surface area (Å²) in [5.74, 6) is -0.257. The quantitative estimate of drug-likeness (QED) is 0.0154. The van der Waals surface area contributed by atoms with Gasteiger partial charge in [-0.25, -0.2) is 4.57 Å². The third kappa shape index (κ3) is 40.0. The van der Waals surface area contributed by atoms with Crippen molar-refractivity contribution in [3.63, 3.8) is 0 Å². The van der Waals surface area contributed by atoms with Gasteiger partial charge in [-0.2, -0.15) is 0 Å². The number of unbranched alkanes of at least 4 members (excludes halogenated alkanes) is 10. The molecular formula is C45H77O11P. The largest absolute Gasteiger partial charge is 0.472 e. The third-order valence-corrected chi connectivity index (χ3v) is 9.60. The van der Waals surface area contributed by atoms with Crippen LogP contribution in [0.1, 0.15) is 149 Å². The number of aliphatic hydroxyl groups excluding tert-OH is 3. The average Bonchev–Trinajstić information content (AvgIpc) is 3.18. The van der Waals surface area contributed by atoms with Crippen LogP contribution in [0.3, 0.4) is 0 Å². The molecule has 328 valence electrons. The molecule has 57 heavy (non-hydrogen) atoms. The van der Waals surface area contributed by atoms with Crippen LogP contribution in [0.2, 0.25) is 0 Å². The van der Waals surface area contributed by atoms with Crippen LogP contribution < -0.4 is 0 Å². The van der Waals surface area contributed by atoms with Crippen LogP contribution in [0.15, 0.2) is 72.9 Å². The Morgan fingerprint density at radius 2 is 1.21 bits per heavy atom. The number of ether oxygens (including phenoxy) is 2. The summed E-state index contributed by atoms with van der Waals surface area (Å²) in [4.78, 5) is 34.9. The van der Waals surface area contributed by atoms with Gasteiger partial charge in [-0.3, -0.25) is 18.6 Å². The van der Waals surface area contributed by atoms with Crippen LogP contribution >= 0.6 is 7.82 Å². The molecule has 0 saturated carbocycles. The fourth-order valence-electron chi connectivity index (χ4n) is 5.35. The van der Waals surface area contributed by atoms with Crippen LogP contribution in [0.5, 0.6) is 0 Å². The maximum atomic E-state index is 12.6. The van der Waals surface area contributed by atoms with Crippen molar-refractivity contribution in [2.24, 2.45) is 5.92 Å². The highest BCUT2D eigenvalue weighted by molar-refractivity contribution is 7.47. The second-order valence-electron chi connectivity index (χ2n) is 14.7. The normalized spacial score (nSPS) is 15.2. The summed E-state index contributed by atoms with van der Waals surface area (Å²) in [6, 6.07) is 0. The smallest absolute Gasteiger partial charge is 0.462 e. The molecule has 0 aromatic heterocycles. The first-order valence-electron chi connectivity index (χ1n) is 21.4. The van der Waals surface area contributed by atoms with Gasteiger partial charge in [-0.05, 0) is 50.9 Å². The number of rotatable bonds is 38. The van der Waals surface area contributed by atoms with Crippen LogP contribution in [0.25, 0.3) is 0 Å². The predicted octanol–water partition coefficient (Wildman–Crippen LogP) is 10.1. The molecule has 0 saturated heterocycles. The first kappa shape index (κ1) is 54.4. The fourth-order valence-corrected chi connectivity index (χ4v) is 6.14. The number of phosphoric ester groups is 1. The van der Waals surface area contributed by atoms with Gasteiger partial charge in [0.05, 0.1) is 25.9 Å². The lowest BCUT2D eigenvalue weighted by atomic mass is 10.0. The lowest BCUT2D eigenvalue weighted by Gasteiger charge is -2.20. The Balaban J connectivity index is 4.49. The van der Waals surface area contributed by atoms with Crippen LogP contribution in [-0.2, 0) is 32.7 Å². The van der Waals surface area contributed by atoms with Crippen molar-refractivity contribution < 1.29 is 52.9 Å². The number of hydrogen-bond acceptors (Lipinski definition) is 10. The molecule has 2 unspecified atom stereocenters. The lowest BCUT2D eigenvalue weighted by Crippen LogP contribution is -2.29. The zero-order chi connectivity index (χ0) is 42.2. The number of aliphatic hydroxyl groups is 3. The summed E-state index contributed by atoms with van der Waals surface area (Å²) in [5.41, 5.74) is 0. The molecule has 4 atom stereocenters. The molecule has 0 aliphatic carbocycles. The van der Waals surface area contributed by atoms with Crippen LogP contribution in [-0.4, -0.2) is 76.9 Å². The summed E-state index contributed by atoms with van der Waals surface area (Å²) < 4.78 is 32.6. The van der Waals surface area contributed by atoms with Gasteiger partial charge in [-0.15, -0.1) is 0 Å². The van der Waals surface area contributed by atoms with E-state index in [9.17, 15) is 29.3 Å².